The summed E-state index contributed by atoms with van der Waals surface area (Å²) < 4.78 is 43.2. The van der Waals surface area contributed by atoms with E-state index in [0.29, 0.717) is 5.69 Å². The SMILES string of the molecule is N#CCn1cc(-c2cnc3c(Nc4ccc(C(=O)NCC(=O)NCCN)c(Cl)c4)nccn23)c(C(F)(F)F)n1. The third kappa shape index (κ3) is 6.08. The van der Waals surface area contributed by atoms with Crippen LogP contribution < -0.4 is 21.7 Å². The lowest BCUT2D eigenvalue weighted by atomic mass is 10.2. The number of imidazole rings is 1. The number of nitrogens with two attached hydrogens (primary N) is 1. The first-order valence-corrected chi connectivity index (χ1v) is 11.7. The summed E-state index contributed by atoms with van der Waals surface area (Å²) in [5.41, 5.74) is 4.75. The lowest BCUT2D eigenvalue weighted by Crippen LogP contribution is -2.38. The van der Waals surface area contributed by atoms with Crippen molar-refractivity contribution in [2.24, 2.45) is 5.73 Å². The highest BCUT2D eigenvalue weighted by Gasteiger charge is 2.38. The number of nitrogens with zero attached hydrogens (tertiary/aromatic N) is 6. The van der Waals surface area contributed by atoms with Crippen molar-refractivity contribution in [2.75, 3.05) is 25.0 Å². The van der Waals surface area contributed by atoms with Gasteiger partial charge in [-0.3, -0.25) is 18.7 Å². The molecule has 0 spiro atoms. The number of halogens is 4. The van der Waals surface area contributed by atoms with Gasteiger partial charge in [0.2, 0.25) is 5.91 Å². The first kappa shape index (κ1) is 27.4. The van der Waals surface area contributed by atoms with Crippen molar-refractivity contribution in [1.29, 1.82) is 5.26 Å². The number of amides is 2. The minimum absolute atomic E-state index is 0.0792. The summed E-state index contributed by atoms with van der Waals surface area (Å²) in [5, 5.41) is 20.4. The van der Waals surface area contributed by atoms with Crippen molar-refractivity contribution in [2.45, 2.75) is 12.7 Å². The number of hydrogen-bond donors (Lipinski definition) is 4. The maximum atomic E-state index is 13.6. The average Bonchev–Trinajstić information content (AvgIpc) is 3.51. The van der Waals surface area contributed by atoms with Gasteiger partial charge in [0.1, 0.15) is 6.54 Å². The molecule has 0 aliphatic rings. The molecule has 0 saturated heterocycles. The number of hydrogen-bond acceptors (Lipinski definition) is 8. The third-order valence-electron chi connectivity index (χ3n) is 5.32. The van der Waals surface area contributed by atoms with Crippen LogP contribution in [0.3, 0.4) is 0 Å². The van der Waals surface area contributed by atoms with E-state index in [-0.39, 0.29) is 59.5 Å². The maximum absolute atomic E-state index is 13.6. The lowest BCUT2D eigenvalue weighted by molar-refractivity contribution is -0.141. The van der Waals surface area contributed by atoms with E-state index in [0.717, 1.165) is 10.9 Å². The summed E-state index contributed by atoms with van der Waals surface area (Å²) in [7, 11) is 0. The van der Waals surface area contributed by atoms with Crippen molar-refractivity contribution < 1.29 is 22.8 Å². The number of benzene rings is 1. The molecule has 16 heteroatoms. The molecule has 0 fully saturated rings. The molecule has 0 unspecified atom stereocenters. The number of carbonyl (C=O) groups is 2. The fraction of sp³-hybridized carbons (Fsp3) is 0.217. The van der Waals surface area contributed by atoms with Gasteiger partial charge in [0.05, 0.1) is 40.7 Å². The Morgan fingerprint density at radius 1 is 1.21 bits per heavy atom. The second kappa shape index (κ2) is 11.4. The highest BCUT2D eigenvalue weighted by molar-refractivity contribution is 6.34. The highest BCUT2D eigenvalue weighted by Crippen LogP contribution is 2.37. The fourth-order valence-corrected chi connectivity index (χ4v) is 3.89. The van der Waals surface area contributed by atoms with E-state index < -0.39 is 23.7 Å². The average molecular weight is 561 g/mol. The normalized spacial score (nSPS) is 11.3. The van der Waals surface area contributed by atoms with Crippen molar-refractivity contribution in [3.05, 3.63) is 59.3 Å². The van der Waals surface area contributed by atoms with E-state index in [1.165, 1.54) is 41.2 Å². The molecular weight excluding hydrogens is 541 g/mol. The van der Waals surface area contributed by atoms with Gasteiger partial charge in [-0.05, 0) is 18.2 Å². The van der Waals surface area contributed by atoms with Gasteiger partial charge in [0, 0.05) is 37.4 Å². The molecule has 12 nitrogen and oxygen atoms in total. The number of alkyl halides is 3. The van der Waals surface area contributed by atoms with Crippen molar-refractivity contribution >= 4 is 40.6 Å². The molecule has 3 aromatic heterocycles. The van der Waals surface area contributed by atoms with Gasteiger partial charge < -0.3 is 21.7 Å². The highest BCUT2D eigenvalue weighted by atomic mass is 35.5. The molecule has 0 aliphatic heterocycles. The first-order valence-electron chi connectivity index (χ1n) is 11.3. The van der Waals surface area contributed by atoms with Crippen LogP contribution in [0.2, 0.25) is 5.02 Å². The zero-order valence-corrected chi connectivity index (χ0v) is 20.7. The van der Waals surface area contributed by atoms with Crippen molar-refractivity contribution in [3.63, 3.8) is 0 Å². The molecule has 0 radical (unpaired) electrons. The predicted molar refractivity (Wildman–Crippen MR) is 134 cm³/mol. The van der Waals surface area contributed by atoms with Crippen LogP contribution in [-0.4, -0.2) is 55.6 Å². The summed E-state index contributed by atoms with van der Waals surface area (Å²) >= 11 is 6.28. The molecule has 39 heavy (non-hydrogen) atoms. The molecule has 5 N–H and O–H groups in total. The molecule has 3 heterocycles. The monoisotopic (exact) mass is 560 g/mol. The predicted octanol–water partition coefficient (Wildman–Crippen LogP) is 2.34. The summed E-state index contributed by atoms with van der Waals surface area (Å²) in [5.74, 6) is -0.766. The quantitative estimate of drug-likeness (QED) is 0.242. The van der Waals surface area contributed by atoms with E-state index >= 15 is 0 Å². The Labute approximate surface area is 223 Å². The van der Waals surface area contributed by atoms with Crippen LogP contribution in [-0.2, 0) is 17.5 Å². The van der Waals surface area contributed by atoms with Crippen molar-refractivity contribution in [3.8, 4) is 17.3 Å². The van der Waals surface area contributed by atoms with Crippen LogP contribution in [0.1, 0.15) is 16.1 Å². The maximum Gasteiger partial charge on any atom is 0.435 e. The van der Waals surface area contributed by atoms with E-state index in [9.17, 15) is 22.8 Å². The van der Waals surface area contributed by atoms with Gasteiger partial charge in [-0.2, -0.15) is 23.5 Å². The van der Waals surface area contributed by atoms with Crippen LogP contribution in [0, 0.1) is 11.3 Å². The van der Waals surface area contributed by atoms with Crippen LogP contribution >= 0.6 is 11.6 Å². The number of nitriles is 1. The molecule has 202 valence electrons. The Kier molecular flexibility index (Phi) is 7.98. The Hall–Kier alpha value is -4.68. The summed E-state index contributed by atoms with van der Waals surface area (Å²) in [4.78, 5) is 32.5. The number of aromatic nitrogens is 5. The third-order valence-corrected chi connectivity index (χ3v) is 5.63. The lowest BCUT2D eigenvalue weighted by Gasteiger charge is -2.11. The van der Waals surface area contributed by atoms with Gasteiger partial charge in [0.25, 0.3) is 5.91 Å². The van der Waals surface area contributed by atoms with E-state index in [2.05, 4.69) is 31.0 Å². The first-order chi connectivity index (χ1) is 18.6. The van der Waals surface area contributed by atoms with Gasteiger partial charge in [-0.1, -0.05) is 11.6 Å². The second-order valence-electron chi connectivity index (χ2n) is 8.00. The molecule has 1 aromatic carbocycles. The van der Waals surface area contributed by atoms with E-state index in [1.54, 1.807) is 6.07 Å². The minimum atomic E-state index is -4.76. The van der Waals surface area contributed by atoms with Gasteiger partial charge in [0.15, 0.2) is 17.2 Å². The summed E-state index contributed by atoms with van der Waals surface area (Å²) in [6.07, 6.45) is 0.429. The number of anilines is 2. The van der Waals surface area contributed by atoms with Gasteiger partial charge >= 0.3 is 6.18 Å². The number of fused-ring (bicyclic) bond motifs is 1. The topological polar surface area (TPSA) is 168 Å². The molecule has 0 atom stereocenters. The Bertz CT molecular complexity index is 1570. The number of nitrogens with one attached hydrogen (secondary N) is 3. The fourth-order valence-electron chi connectivity index (χ4n) is 3.62. The van der Waals surface area contributed by atoms with E-state index in [1.807, 2.05) is 0 Å². The standard InChI is InChI=1S/C23H20ClF3N10O2/c24-16-9-13(1-2-14(16)22(39)33-11-18(38)30-5-3-28)34-20-21-32-10-17(37(21)8-6-31-20)15-12-36(7-4-29)35-19(15)23(25,26)27/h1-2,6,8-10,12H,3,5,7,11,28H2,(H,30,38)(H,31,34)(H,33,39). The smallest absolute Gasteiger partial charge is 0.353 e. The molecule has 4 aromatic rings. The van der Waals surface area contributed by atoms with E-state index in [4.69, 9.17) is 22.6 Å². The second-order valence-corrected chi connectivity index (χ2v) is 8.41. The number of carbonyl (C=O) groups excluding carboxylic acids is 2. The molecule has 2 amide bonds. The summed E-state index contributed by atoms with van der Waals surface area (Å²) in [6.45, 7) is -0.0631. The molecule has 0 aliphatic carbocycles. The van der Waals surface area contributed by atoms with Gasteiger partial charge in [-0.25, -0.2) is 9.97 Å². The minimum Gasteiger partial charge on any atom is -0.353 e. The van der Waals surface area contributed by atoms with Gasteiger partial charge in [-0.15, -0.1) is 0 Å². The zero-order chi connectivity index (χ0) is 28.2. The molecule has 4 rings (SSSR count). The van der Waals surface area contributed by atoms with Crippen LogP contribution in [0.4, 0.5) is 24.7 Å². The van der Waals surface area contributed by atoms with Crippen LogP contribution in [0.5, 0.6) is 0 Å². The molecule has 0 bridgehead atoms. The Balaban J connectivity index is 1.58. The zero-order valence-electron chi connectivity index (χ0n) is 20.0. The molecule has 0 saturated carbocycles. The Morgan fingerprint density at radius 3 is 2.69 bits per heavy atom. The summed E-state index contributed by atoms with van der Waals surface area (Å²) in [6, 6.07) is 6.19. The number of rotatable bonds is 9. The molecular formula is C23H20ClF3N10O2. The van der Waals surface area contributed by atoms with Crippen LogP contribution in [0.15, 0.2) is 43.0 Å². The van der Waals surface area contributed by atoms with Crippen molar-refractivity contribution in [1.82, 2.24) is 34.8 Å². The Morgan fingerprint density at radius 2 is 2.00 bits per heavy atom. The largest absolute Gasteiger partial charge is 0.435 e. The van der Waals surface area contributed by atoms with Crippen LogP contribution in [0.25, 0.3) is 16.9 Å².